The molecule has 9 nitrogen and oxygen atoms in total. The average Bonchev–Trinajstić information content (AvgIpc) is 3.07. The van der Waals surface area contributed by atoms with E-state index in [4.69, 9.17) is 48.4 Å². The zero-order valence-electron chi connectivity index (χ0n) is 23.5. The van der Waals surface area contributed by atoms with E-state index in [0.717, 1.165) is 24.8 Å². The van der Waals surface area contributed by atoms with Crippen molar-refractivity contribution in [2.45, 2.75) is 107 Å². The Kier molecular flexibility index (Phi) is 10.2. The lowest BCUT2D eigenvalue weighted by Crippen LogP contribution is -2.50. The summed E-state index contributed by atoms with van der Waals surface area (Å²) < 4.78 is 26.0. The van der Waals surface area contributed by atoms with Gasteiger partial charge in [-0.25, -0.2) is 4.79 Å². The Labute approximate surface area is 238 Å². The van der Waals surface area contributed by atoms with Gasteiger partial charge >= 0.3 is 5.69 Å². The maximum absolute atomic E-state index is 12.5. The first-order valence-corrected chi connectivity index (χ1v) is 18.8. The summed E-state index contributed by atoms with van der Waals surface area (Å²) in [4.78, 5) is 16.3. The van der Waals surface area contributed by atoms with E-state index in [1.54, 1.807) is 0 Å². The maximum atomic E-state index is 12.5. The van der Waals surface area contributed by atoms with Gasteiger partial charge in [0.2, 0.25) is 0 Å². The lowest BCUT2D eigenvalue weighted by atomic mass is 9.77. The summed E-state index contributed by atoms with van der Waals surface area (Å²) in [5.41, 5.74) is 6.17. The van der Waals surface area contributed by atoms with Crippen LogP contribution in [-0.4, -0.2) is 58.7 Å². The van der Waals surface area contributed by atoms with Crippen LogP contribution in [0.1, 0.15) is 60.1 Å². The van der Waals surface area contributed by atoms with Crippen LogP contribution in [0.15, 0.2) is 29.2 Å². The molecule has 216 valence electrons. The van der Waals surface area contributed by atoms with Gasteiger partial charge < -0.3 is 29.1 Å². The highest BCUT2D eigenvalue weighted by Gasteiger charge is 2.50. The van der Waals surface area contributed by atoms with E-state index in [-0.39, 0.29) is 28.3 Å². The molecule has 13 heteroatoms. The van der Waals surface area contributed by atoms with Gasteiger partial charge in [-0.1, -0.05) is 32.9 Å². The third-order valence-electron chi connectivity index (χ3n) is 8.16. The van der Waals surface area contributed by atoms with E-state index in [0.29, 0.717) is 5.92 Å². The van der Waals surface area contributed by atoms with Crippen LogP contribution in [0.25, 0.3) is 0 Å². The van der Waals surface area contributed by atoms with Crippen molar-refractivity contribution in [3.63, 3.8) is 0 Å². The van der Waals surface area contributed by atoms with Gasteiger partial charge in [0.15, 0.2) is 21.7 Å². The SMILES string of the molecule is C=C(C)[C@@H]1CC[C@](C)(S)[C@@H](O[PH](=S)OC[C@H]2O[C@@H](n3ccc(N)nc3=O)[C@H](O)C2O[Si](C)(C)C(C)(C)C)C1. The molecule has 0 radical (unpaired) electrons. The van der Waals surface area contributed by atoms with Gasteiger partial charge in [0, 0.05) is 10.9 Å². The lowest BCUT2D eigenvalue weighted by Gasteiger charge is -2.41. The fourth-order valence-electron chi connectivity index (χ4n) is 4.55. The molecule has 0 bridgehead atoms. The van der Waals surface area contributed by atoms with Gasteiger partial charge in [-0.05, 0) is 75.0 Å². The predicted molar refractivity (Wildman–Crippen MR) is 161 cm³/mol. The van der Waals surface area contributed by atoms with Crippen LogP contribution in [0.2, 0.25) is 18.1 Å². The van der Waals surface area contributed by atoms with Crippen LogP contribution in [-0.2, 0) is 30.0 Å². The predicted octanol–water partition coefficient (Wildman–Crippen LogP) is 4.45. The number of aliphatic hydroxyl groups excluding tert-OH is 1. The zero-order chi connectivity index (χ0) is 28.6. The summed E-state index contributed by atoms with van der Waals surface area (Å²) in [6.07, 6.45) is 0.499. The fourth-order valence-corrected chi connectivity index (χ4v) is 7.77. The Hall–Kier alpha value is -0.563. The summed E-state index contributed by atoms with van der Waals surface area (Å²) in [5, 5.41) is 11.2. The van der Waals surface area contributed by atoms with Crippen LogP contribution in [0.5, 0.6) is 0 Å². The second-order valence-corrected chi connectivity index (χ2v) is 20.1. The topological polar surface area (TPSA) is 118 Å². The summed E-state index contributed by atoms with van der Waals surface area (Å²) in [7, 11) is -4.42. The number of anilines is 1. The van der Waals surface area contributed by atoms with Crippen LogP contribution in [0, 0.1) is 5.92 Å². The van der Waals surface area contributed by atoms with Crippen LogP contribution < -0.4 is 11.4 Å². The number of thiol groups is 1. The molecule has 0 spiro atoms. The quantitative estimate of drug-likeness (QED) is 0.162. The van der Waals surface area contributed by atoms with E-state index in [1.165, 1.54) is 16.8 Å². The van der Waals surface area contributed by atoms with E-state index in [9.17, 15) is 9.90 Å². The molecule has 1 aromatic heterocycles. The minimum absolute atomic E-state index is 0.0573. The first-order valence-electron chi connectivity index (χ1n) is 13.0. The van der Waals surface area contributed by atoms with Crippen molar-refractivity contribution in [2.75, 3.05) is 12.3 Å². The van der Waals surface area contributed by atoms with Gasteiger partial charge in [-0.3, -0.25) is 4.57 Å². The Balaban J connectivity index is 1.76. The first kappa shape index (κ1) is 32.0. The first-order chi connectivity index (χ1) is 17.4. The Morgan fingerprint density at radius 1 is 1.47 bits per heavy atom. The van der Waals surface area contributed by atoms with E-state index in [1.807, 2.05) is 6.92 Å². The number of aliphatic hydroxyl groups is 1. The molecule has 3 N–H and O–H groups in total. The monoisotopic (exact) mass is 605 g/mol. The highest BCUT2D eigenvalue weighted by Crippen LogP contribution is 2.46. The number of ether oxygens (including phenoxy) is 1. The van der Waals surface area contributed by atoms with Crippen molar-refractivity contribution in [1.29, 1.82) is 0 Å². The number of allylic oxidation sites excluding steroid dienone is 1. The smallest absolute Gasteiger partial charge is 0.351 e. The number of nitrogens with zero attached hydrogens (tertiary/aromatic N) is 2. The van der Waals surface area contributed by atoms with Crippen molar-refractivity contribution in [1.82, 2.24) is 9.55 Å². The normalized spacial score (nSPS) is 33.3. The van der Waals surface area contributed by atoms with Crippen LogP contribution >= 0.6 is 19.8 Å². The molecule has 2 aliphatic rings. The summed E-state index contributed by atoms with van der Waals surface area (Å²) in [6, 6.07) is 1.49. The molecule has 1 aliphatic carbocycles. The molecule has 1 saturated heterocycles. The molecule has 1 saturated carbocycles. The van der Waals surface area contributed by atoms with Crippen LogP contribution in [0.3, 0.4) is 0 Å². The van der Waals surface area contributed by atoms with Crippen molar-refractivity contribution in [2.24, 2.45) is 5.92 Å². The summed E-state index contributed by atoms with van der Waals surface area (Å²) >= 11 is 10.5. The number of aromatic nitrogens is 2. The Morgan fingerprint density at radius 2 is 2.13 bits per heavy atom. The standard InChI is InChI=1S/C25H44N3O6PS2Si/c1-15(2)16-9-11-25(6,36)18(13-16)33-35(37)31-14-17-21(34-38(7,8)24(3,4)5)20(29)22(32-17)28-12-10-19(26)27-23(28)30/h10,12,16-18,20-22,29,35-36H,1,9,11,13-14H2,2-8H3,(H2,26,27,30)/t16-,17-,18+,20-,21?,22-,25+/m1/s1. The fraction of sp³-hybridized carbons (Fsp3) is 0.760. The summed E-state index contributed by atoms with van der Waals surface area (Å²) in [5.74, 6) is 0.462. The van der Waals surface area contributed by atoms with Crippen LogP contribution in [0.4, 0.5) is 5.82 Å². The minimum Gasteiger partial charge on any atom is -0.408 e. The van der Waals surface area contributed by atoms with E-state index >= 15 is 0 Å². The van der Waals surface area contributed by atoms with Crippen molar-refractivity contribution in [3.8, 4) is 0 Å². The van der Waals surface area contributed by atoms with Gasteiger partial charge in [-0.2, -0.15) is 17.6 Å². The molecular formula is C25H44N3O6PS2Si. The molecular weight excluding hydrogens is 561 g/mol. The van der Waals surface area contributed by atoms with Gasteiger partial charge in [0.25, 0.3) is 0 Å². The molecule has 1 aliphatic heterocycles. The average molecular weight is 606 g/mol. The number of nitrogens with two attached hydrogens (primary N) is 1. The maximum Gasteiger partial charge on any atom is 0.351 e. The zero-order valence-corrected chi connectivity index (χ0v) is 27.2. The Bertz CT molecular complexity index is 1100. The minimum atomic E-state index is -2.32. The molecule has 0 aromatic carbocycles. The molecule has 2 fully saturated rings. The second-order valence-electron chi connectivity index (χ2n) is 12.3. The van der Waals surface area contributed by atoms with Gasteiger partial charge in [-0.15, -0.1) is 0 Å². The van der Waals surface area contributed by atoms with E-state index in [2.05, 4.69) is 52.4 Å². The summed E-state index contributed by atoms with van der Waals surface area (Å²) in [6.45, 7) is 18.8. The highest BCUT2D eigenvalue weighted by molar-refractivity contribution is 8.00. The van der Waals surface area contributed by atoms with E-state index < -0.39 is 45.7 Å². The highest BCUT2D eigenvalue weighted by atomic mass is 32.4. The largest absolute Gasteiger partial charge is 0.408 e. The molecule has 38 heavy (non-hydrogen) atoms. The number of rotatable bonds is 9. The molecule has 1 aromatic rings. The second kappa shape index (κ2) is 12.1. The third-order valence-corrected chi connectivity index (χ3v) is 14.7. The number of nitrogen functional groups attached to an aromatic ring is 1. The molecule has 3 rings (SSSR count). The molecule has 8 atom stereocenters. The molecule has 2 unspecified atom stereocenters. The lowest BCUT2D eigenvalue weighted by molar-refractivity contribution is -0.0516. The van der Waals surface area contributed by atoms with Crippen molar-refractivity contribution in [3.05, 3.63) is 34.9 Å². The van der Waals surface area contributed by atoms with Gasteiger partial charge in [0.05, 0.1) is 12.7 Å². The number of hydrogen-bond acceptors (Lipinski definition) is 10. The van der Waals surface area contributed by atoms with Crippen molar-refractivity contribution >= 4 is 45.7 Å². The Morgan fingerprint density at radius 3 is 2.71 bits per heavy atom. The number of hydrogen-bond donors (Lipinski definition) is 3. The molecule has 0 amide bonds. The third kappa shape index (κ3) is 7.38. The van der Waals surface area contributed by atoms with Crippen molar-refractivity contribution < 1.29 is 23.3 Å². The van der Waals surface area contributed by atoms with Gasteiger partial charge in [0.1, 0.15) is 24.1 Å². The molecule has 2 heterocycles.